The lowest BCUT2D eigenvalue weighted by Crippen LogP contribution is -2.03. The Bertz CT molecular complexity index is 432. The highest BCUT2D eigenvalue weighted by Gasteiger charge is 2.16. The highest BCUT2D eigenvalue weighted by molar-refractivity contribution is 6.10. The normalized spacial score (nSPS) is 9.20. The van der Waals surface area contributed by atoms with E-state index in [0.29, 0.717) is 22.6 Å². The number of aryl methyl sites for hydroxylation is 1. The van der Waals surface area contributed by atoms with Gasteiger partial charge in [0, 0.05) is 6.07 Å². The first-order chi connectivity index (χ1) is 7.13. The topological polar surface area (TPSA) is 59.3 Å². The van der Waals surface area contributed by atoms with E-state index < -0.39 is 5.78 Å². The van der Waals surface area contributed by atoms with Crippen LogP contribution in [0.4, 0.5) is 0 Å². The third-order valence-electron chi connectivity index (χ3n) is 2.06. The summed E-state index contributed by atoms with van der Waals surface area (Å²) in [6, 6.07) is 4.84. The van der Waals surface area contributed by atoms with E-state index in [1.165, 1.54) is 14.2 Å². The molecule has 78 valence electrons. The highest BCUT2D eigenvalue weighted by Crippen LogP contribution is 2.28. The molecule has 0 amide bonds. The SMILES string of the molecule is COc1cc(C)c(C(=O)C#N)c(OC)c1. The number of hydrogen-bond acceptors (Lipinski definition) is 4. The molecule has 0 bridgehead atoms. The van der Waals surface area contributed by atoms with E-state index in [-0.39, 0.29) is 0 Å². The van der Waals surface area contributed by atoms with Gasteiger partial charge in [0.1, 0.15) is 17.6 Å². The van der Waals surface area contributed by atoms with Crippen LogP contribution in [0, 0.1) is 18.3 Å². The van der Waals surface area contributed by atoms with Crippen molar-refractivity contribution in [1.29, 1.82) is 5.26 Å². The van der Waals surface area contributed by atoms with Crippen LogP contribution in [0.25, 0.3) is 0 Å². The van der Waals surface area contributed by atoms with Crippen LogP contribution in [-0.2, 0) is 0 Å². The Morgan fingerprint density at radius 3 is 2.47 bits per heavy atom. The fourth-order valence-corrected chi connectivity index (χ4v) is 1.35. The molecule has 0 aliphatic rings. The first-order valence-corrected chi connectivity index (χ1v) is 4.31. The molecule has 4 heteroatoms. The minimum absolute atomic E-state index is 0.292. The highest BCUT2D eigenvalue weighted by atomic mass is 16.5. The first-order valence-electron chi connectivity index (χ1n) is 4.31. The maximum Gasteiger partial charge on any atom is 0.266 e. The standard InChI is InChI=1S/C11H11NO3/c1-7-4-8(14-2)5-10(15-3)11(7)9(13)6-12/h4-5H,1-3H3. The molecule has 0 atom stereocenters. The molecular formula is C11H11NO3. The molecule has 1 aromatic carbocycles. The predicted molar refractivity (Wildman–Crippen MR) is 54.2 cm³/mol. The van der Waals surface area contributed by atoms with Crippen LogP contribution in [0.15, 0.2) is 12.1 Å². The van der Waals surface area contributed by atoms with E-state index in [9.17, 15) is 4.79 Å². The summed E-state index contributed by atoms with van der Waals surface area (Å²) < 4.78 is 10.1. The first kappa shape index (κ1) is 11.1. The molecule has 0 saturated carbocycles. The molecule has 0 radical (unpaired) electrons. The van der Waals surface area contributed by atoms with E-state index in [2.05, 4.69) is 0 Å². The van der Waals surface area contributed by atoms with Gasteiger partial charge in [0.25, 0.3) is 5.78 Å². The van der Waals surface area contributed by atoms with Gasteiger partial charge in [-0.2, -0.15) is 5.26 Å². The molecule has 0 aliphatic carbocycles. The number of benzene rings is 1. The van der Waals surface area contributed by atoms with Crippen molar-refractivity contribution in [1.82, 2.24) is 0 Å². The van der Waals surface area contributed by atoms with Crippen molar-refractivity contribution >= 4 is 5.78 Å². The Labute approximate surface area is 88.0 Å². The number of methoxy groups -OCH3 is 2. The summed E-state index contributed by atoms with van der Waals surface area (Å²) >= 11 is 0. The Balaban J connectivity index is 3.39. The number of Topliss-reactive ketones (excluding diaryl/α,β-unsaturated/α-hetero) is 1. The van der Waals surface area contributed by atoms with Gasteiger partial charge in [0.05, 0.1) is 19.8 Å². The summed E-state index contributed by atoms with van der Waals surface area (Å²) in [6.45, 7) is 1.73. The number of ether oxygens (including phenoxy) is 2. The van der Waals surface area contributed by atoms with Crippen LogP contribution in [0.2, 0.25) is 0 Å². The number of carbonyl (C=O) groups is 1. The maximum absolute atomic E-state index is 11.3. The van der Waals surface area contributed by atoms with Crippen LogP contribution < -0.4 is 9.47 Å². The molecule has 0 saturated heterocycles. The zero-order valence-electron chi connectivity index (χ0n) is 8.83. The van der Waals surface area contributed by atoms with E-state index >= 15 is 0 Å². The van der Waals surface area contributed by atoms with Crippen molar-refractivity contribution in [3.63, 3.8) is 0 Å². The van der Waals surface area contributed by atoms with Crippen molar-refractivity contribution in [2.24, 2.45) is 0 Å². The van der Waals surface area contributed by atoms with Gasteiger partial charge < -0.3 is 9.47 Å². The molecule has 0 spiro atoms. The van der Waals surface area contributed by atoms with Crippen LogP contribution in [0.5, 0.6) is 11.5 Å². The Hall–Kier alpha value is -2.02. The van der Waals surface area contributed by atoms with E-state index in [1.807, 2.05) is 0 Å². The van der Waals surface area contributed by atoms with Crippen molar-refractivity contribution in [2.45, 2.75) is 6.92 Å². The minimum atomic E-state index is -0.605. The Kier molecular flexibility index (Phi) is 3.29. The van der Waals surface area contributed by atoms with Crippen LogP contribution in [0.3, 0.4) is 0 Å². The number of carbonyl (C=O) groups excluding carboxylic acids is 1. The van der Waals surface area contributed by atoms with Crippen molar-refractivity contribution in [3.05, 3.63) is 23.3 Å². The lowest BCUT2D eigenvalue weighted by molar-refractivity contribution is 0.105. The number of hydrogen-bond donors (Lipinski definition) is 0. The zero-order chi connectivity index (χ0) is 11.4. The summed E-state index contributed by atoms with van der Waals surface area (Å²) in [5.41, 5.74) is 0.957. The quantitative estimate of drug-likeness (QED) is 0.556. The fraction of sp³-hybridized carbons (Fsp3) is 0.273. The number of ketones is 1. The van der Waals surface area contributed by atoms with E-state index in [0.717, 1.165) is 0 Å². The Morgan fingerprint density at radius 2 is 2.00 bits per heavy atom. The molecule has 0 unspecified atom stereocenters. The molecule has 4 nitrogen and oxygen atoms in total. The minimum Gasteiger partial charge on any atom is -0.497 e. The third kappa shape index (κ3) is 2.08. The van der Waals surface area contributed by atoms with Gasteiger partial charge in [-0.25, -0.2) is 0 Å². The smallest absolute Gasteiger partial charge is 0.266 e. The molecular weight excluding hydrogens is 194 g/mol. The number of nitrogens with zero attached hydrogens (tertiary/aromatic N) is 1. The Morgan fingerprint density at radius 1 is 1.33 bits per heavy atom. The number of rotatable bonds is 3. The molecule has 1 rings (SSSR count). The van der Waals surface area contributed by atoms with Gasteiger partial charge in [-0.05, 0) is 18.6 Å². The van der Waals surface area contributed by atoms with Crippen LogP contribution >= 0.6 is 0 Å². The monoisotopic (exact) mass is 205 g/mol. The third-order valence-corrected chi connectivity index (χ3v) is 2.06. The molecule has 0 heterocycles. The van der Waals surface area contributed by atoms with Crippen molar-refractivity contribution in [3.8, 4) is 17.6 Å². The molecule has 0 N–H and O–H groups in total. The zero-order valence-corrected chi connectivity index (χ0v) is 8.83. The molecule has 15 heavy (non-hydrogen) atoms. The molecule has 1 aromatic rings. The fourth-order valence-electron chi connectivity index (χ4n) is 1.35. The number of nitriles is 1. The molecule has 0 aromatic heterocycles. The average molecular weight is 205 g/mol. The summed E-state index contributed by atoms with van der Waals surface area (Å²) in [6.07, 6.45) is 0. The van der Waals surface area contributed by atoms with E-state index in [1.54, 1.807) is 25.1 Å². The van der Waals surface area contributed by atoms with Gasteiger partial charge in [0.2, 0.25) is 0 Å². The second-order valence-electron chi connectivity index (χ2n) is 2.96. The van der Waals surface area contributed by atoms with Gasteiger partial charge >= 0.3 is 0 Å². The van der Waals surface area contributed by atoms with Crippen molar-refractivity contribution < 1.29 is 14.3 Å². The van der Waals surface area contributed by atoms with Gasteiger partial charge in [-0.3, -0.25) is 4.79 Å². The summed E-state index contributed by atoms with van der Waals surface area (Å²) in [5.74, 6) is 0.351. The lowest BCUT2D eigenvalue weighted by Gasteiger charge is -2.10. The van der Waals surface area contributed by atoms with Gasteiger partial charge in [0.15, 0.2) is 0 Å². The van der Waals surface area contributed by atoms with Crippen LogP contribution in [-0.4, -0.2) is 20.0 Å². The maximum atomic E-state index is 11.3. The second kappa shape index (κ2) is 4.47. The largest absolute Gasteiger partial charge is 0.497 e. The predicted octanol–water partition coefficient (Wildman–Crippen LogP) is 1.72. The second-order valence-corrected chi connectivity index (χ2v) is 2.96. The lowest BCUT2D eigenvalue weighted by atomic mass is 10.0. The molecule has 0 aliphatic heterocycles. The van der Waals surface area contributed by atoms with Gasteiger partial charge in [-0.15, -0.1) is 0 Å². The van der Waals surface area contributed by atoms with Crippen LogP contribution in [0.1, 0.15) is 15.9 Å². The molecule has 0 fully saturated rings. The average Bonchev–Trinajstić information content (AvgIpc) is 2.26. The van der Waals surface area contributed by atoms with Crippen molar-refractivity contribution in [2.75, 3.05) is 14.2 Å². The summed E-state index contributed by atoms with van der Waals surface area (Å²) in [5, 5.41) is 8.57. The summed E-state index contributed by atoms with van der Waals surface area (Å²) in [4.78, 5) is 11.3. The van der Waals surface area contributed by atoms with E-state index in [4.69, 9.17) is 14.7 Å². The summed E-state index contributed by atoms with van der Waals surface area (Å²) in [7, 11) is 2.97. The van der Waals surface area contributed by atoms with Gasteiger partial charge in [-0.1, -0.05) is 0 Å².